The Balaban J connectivity index is 2.04. The first-order valence-electron chi connectivity index (χ1n) is 6.70. The summed E-state index contributed by atoms with van der Waals surface area (Å²) in [7, 11) is 0. The van der Waals surface area contributed by atoms with Crippen molar-refractivity contribution in [3.05, 3.63) is 51.5 Å². The predicted octanol–water partition coefficient (Wildman–Crippen LogP) is 2.16. The van der Waals surface area contributed by atoms with E-state index in [1.54, 1.807) is 17.5 Å². The lowest BCUT2D eigenvalue weighted by molar-refractivity contribution is -0.148. The lowest BCUT2D eigenvalue weighted by Gasteiger charge is -2.00. The van der Waals surface area contributed by atoms with Crippen LogP contribution in [0.15, 0.2) is 29.6 Å². The third-order valence-corrected chi connectivity index (χ3v) is 4.03. The third-order valence-electron chi connectivity index (χ3n) is 3.10. The summed E-state index contributed by atoms with van der Waals surface area (Å²) >= 11 is 1.08. The Kier molecular flexibility index (Phi) is 5.13. The molecular formula is C16H13NO5S. The van der Waals surface area contributed by atoms with E-state index in [0.717, 1.165) is 16.9 Å². The van der Waals surface area contributed by atoms with E-state index < -0.39 is 24.0 Å². The van der Waals surface area contributed by atoms with E-state index in [9.17, 15) is 19.2 Å². The van der Waals surface area contributed by atoms with Gasteiger partial charge in [0.05, 0.1) is 12.1 Å². The number of ketones is 3. The summed E-state index contributed by atoms with van der Waals surface area (Å²) in [5.74, 6) is -3.38. The van der Waals surface area contributed by atoms with Crippen molar-refractivity contribution in [1.29, 1.82) is 0 Å². The Morgan fingerprint density at radius 2 is 1.78 bits per heavy atom. The quantitative estimate of drug-likeness (QED) is 0.474. The largest absolute Gasteiger partial charge is 0.475 e. The number of nitrogens with zero attached hydrogens (tertiary/aromatic N) is 1. The van der Waals surface area contributed by atoms with Crippen LogP contribution in [-0.4, -0.2) is 33.4 Å². The number of hydrogen-bond donors (Lipinski definition) is 1. The van der Waals surface area contributed by atoms with Crippen LogP contribution in [-0.2, 0) is 16.0 Å². The van der Waals surface area contributed by atoms with Crippen molar-refractivity contribution < 1.29 is 24.3 Å². The molecule has 1 N–H and O–H groups in total. The van der Waals surface area contributed by atoms with E-state index in [0.29, 0.717) is 17.7 Å². The molecule has 0 unspecified atom stereocenters. The van der Waals surface area contributed by atoms with Crippen LogP contribution in [0.25, 0.3) is 0 Å². The highest BCUT2D eigenvalue weighted by molar-refractivity contribution is 7.11. The van der Waals surface area contributed by atoms with Crippen LogP contribution in [0.3, 0.4) is 0 Å². The maximum absolute atomic E-state index is 11.8. The molecule has 2 rings (SSSR count). The minimum absolute atomic E-state index is 0.0128. The number of Topliss-reactive ketones (excluding diaryl/α,β-unsaturated/α-hetero) is 3. The normalized spacial score (nSPS) is 10.3. The van der Waals surface area contributed by atoms with Crippen molar-refractivity contribution in [2.45, 2.75) is 19.8 Å². The van der Waals surface area contributed by atoms with Crippen LogP contribution >= 0.6 is 11.3 Å². The lowest BCUT2D eigenvalue weighted by atomic mass is 10.1. The van der Waals surface area contributed by atoms with Gasteiger partial charge in [0.2, 0.25) is 5.78 Å². The van der Waals surface area contributed by atoms with Gasteiger partial charge in [-0.05, 0) is 12.5 Å². The zero-order chi connectivity index (χ0) is 17.0. The fraction of sp³-hybridized carbons (Fsp3) is 0.188. The molecule has 0 bridgehead atoms. The van der Waals surface area contributed by atoms with Gasteiger partial charge in [-0.25, -0.2) is 9.78 Å². The van der Waals surface area contributed by atoms with Crippen molar-refractivity contribution in [3.8, 4) is 0 Å². The molecule has 0 saturated carbocycles. The molecule has 1 heterocycles. The van der Waals surface area contributed by atoms with Gasteiger partial charge in [0.25, 0.3) is 0 Å². The summed E-state index contributed by atoms with van der Waals surface area (Å²) in [6, 6.07) is 7.07. The summed E-state index contributed by atoms with van der Waals surface area (Å²) in [5.41, 5.74) is 2.20. The first-order valence-corrected chi connectivity index (χ1v) is 7.58. The van der Waals surface area contributed by atoms with Crippen LogP contribution in [0.5, 0.6) is 0 Å². The second-order valence-corrected chi connectivity index (χ2v) is 5.76. The lowest BCUT2D eigenvalue weighted by Crippen LogP contribution is -2.17. The van der Waals surface area contributed by atoms with E-state index >= 15 is 0 Å². The summed E-state index contributed by atoms with van der Waals surface area (Å²) in [6.07, 6.45) is -0.204. The smallest absolute Gasteiger partial charge is 0.372 e. The molecule has 2 aromatic rings. The zero-order valence-electron chi connectivity index (χ0n) is 12.2. The summed E-state index contributed by atoms with van der Waals surface area (Å²) in [4.78, 5) is 48.6. The molecule has 1 aromatic carbocycles. The number of carboxylic acid groups (broad SMARTS) is 1. The molecule has 0 aliphatic carbocycles. The number of aromatic nitrogens is 1. The van der Waals surface area contributed by atoms with E-state index in [2.05, 4.69) is 4.98 Å². The number of aliphatic carboxylic acids is 1. The molecule has 0 amide bonds. The molecule has 118 valence electrons. The van der Waals surface area contributed by atoms with Crippen LogP contribution < -0.4 is 0 Å². The van der Waals surface area contributed by atoms with Crippen LogP contribution in [0.2, 0.25) is 0 Å². The van der Waals surface area contributed by atoms with Gasteiger partial charge >= 0.3 is 5.97 Å². The van der Waals surface area contributed by atoms with E-state index in [1.807, 2.05) is 12.1 Å². The number of benzene rings is 1. The minimum atomic E-state index is -1.62. The average molecular weight is 331 g/mol. The minimum Gasteiger partial charge on any atom is -0.475 e. The molecule has 0 fully saturated rings. The highest BCUT2D eigenvalue weighted by Gasteiger charge is 2.20. The number of hydrogen-bond acceptors (Lipinski definition) is 6. The first kappa shape index (κ1) is 16.7. The van der Waals surface area contributed by atoms with Crippen molar-refractivity contribution in [2.75, 3.05) is 0 Å². The van der Waals surface area contributed by atoms with Gasteiger partial charge in [0, 0.05) is 17.4 Å². The van der Waals surface area contributed by atoms with E-state index in [1.165, 1.54) is 6.92 Å². The fourth-order valence-electron chi connectivity index (χ4n) is 1.88. The molecule has 0 saturated heterocycles. The Morgan fingerprint density at radius 3 is 2.35 bits per heavy atom. The third kappa shape index (κ3) is 4.40. The van der Waals surface area contributed by atoms with E-state index in [4.69, 9.17) is 5.11 Å². The molecule has 0 atom stereocenters. The Morgan fingerprint density at radius 1 is 1.13 bits per heavy atom. The summed E-state index contributed by atoms with van der Waals surface area (Å²) < 4.78 is 0. The highest BCUT2D eigenvalue weighted by Crippen LogP contribution is 2.16. The zero-order valence-corrected chi connectivity index (χ0v) is 13.1. The standard InChI is InChI=1S/C16H13NO5S/c1-9(18)11-4-2-10(3-5-11)6-12-8-23-15(17-12)13(19)7-14(20)16(21)22/h2-5,8H,6-7H2,1H3,(H,21,22). The van der Waals surface area contributed by atoms with Crippen molar-refractivity contribution >= 4 is 34.7 Å². The molecular weight excluding hydrogens is 318 g/mol. The molecule has 1 aromatic heterocycles. The maximum atomic E-state index is 11.8. The Hall–Kier alpha value is -2.67. The van der Waals surface area contributed by atoms with Crippen molar-refractivity contribution in [2.24, 2.45) is 0 Å². The van der Waals surface area contributed by atoms with Gasteiger partial charge in [-0.15, -0.1) is 11.3 Å². The van der Waals surface area contributed by atoms with E-state index in [-0.39, 0.29) is 10.8 Å². The number of carbonyl (C=O) groups is 4. The fourth-order valence-corrected chi connectivity index (χ4v) is 2.64. The van der Waals surface area contributed by atoms with Gasteiger partial charge in [-0.3, -0.25) is 14.4 Å². The number of carboxylic acids is 1. The van der Waals surface area contributed by atoms with Gasteiger partial charge in [-0.2, -0.15) is 0 Å². The molecule has 7 heteroatoms. The molecule has 6 nitrogen and oxygen atoms in total. The molecule has 0 aliphatic rings. The average Bonchev–Trinajstić information content (AvgIpc) is 2.96. The molecule has 0 radical (unpaired) electrons. The molecule has 23 heavy (non-hydrogen) atoms. The number of carbonyl (C=O) groups excluding carboxylic acids is 3. The van der Waals surface area contributed by atoms with Gasteiger partial charge in [-0.1, -0.05) is 24.3 Å². The molecule has 0 aliphatic heterocycles. The first-order chi connectivity index (χ1) is 10.9. The predicted molar refractivity (Wildman–Crippen MR) is 83.0 cm³/mol. The summed E-state index contributed by atoms with van der Waals surface area (Å²) in [6.45, 7) is 1.49. The van der Waals surface area contributed by atoms with Crippen molar-refractivity contribution in [1.82, 2.24) is 4.98 Å². The van der Waals surface area contributed by atoms with Crippen LogP contribution in [0.1, 0.15) is 44.8 Å². The van der Waals surface area contributed by atoms with Crippen LogP contribution in [0, 0.1) is 0 Å². The molecule has 0 spiro atoms. The van der Waals surface area contributed by atoms with Crippen molar-refractivity contribution in [3.63, 3.8) is 0 Å². The summed E-state index contributed by atoms with van der Waals surface area (Å²) in [5, 5.41) is 10.3. The van der Waals surface area contributed by atoms with Gasteiger partial charge in [0.1, 0.15) is 0 Å². The highest BCUT2D eigenvalue weighted by atomic mass is 32.1. The topological polar surface area (TPSA) is 101 Å². The Labute approximate surface area is 135 Å². The SMILES string of the molecule is CC(=O)c1ccc(Cc2csc(C(=O)CC(=O)C(=O)O)n2)cc1. The second kappa shape index (κ2) is 7.06. The number of rotatable bonds is 7. The monoisotopic (exact) mass is 331 g/mol. The number of thiazole rings is 1. The maximum Gasteiger partial charge on any atom is 0.372 e. The van der Waals surface area contributed by atoms with Gasteiger partial charge in [0.15, 0.2) is 16.6 Å². The van der Waals surface area contributed by atoms with Crippen LogP contribution in [0.4, 0.5) is 0 Å². The van der Waals surface area contributed by atoms with Gasteiger partial charge < -0.3 is 5.11 Å². The Bertz CT molecular complexity index is 776. The second-order valence-electron chi connectivity index (χ2n) is 4.90.